The van der Waals surface area contributed by atoms with Crippen molar-refractivity contribution in [1.82, 2.24) is 0 Å². The fourth-order valence-electron chi connectivity index (χ4n) is 2.08. The minimum Gasteiger partial charge on any atom is -0.376 e. The van der Waals surface area contributed by atoms with Gasteiger partial charge in [-0.2, -0.15) is 0 Å². The molecule has 21 heavy (non-hydrogen) atoms. The van der Waals surface area contributed by atoms with Gasteiger partial charge in [-0.25, -0.2) is 0 Å². The van der Waals surface area contributed by atoms with Crippen LogP contribution >= 0.6 is 0 Å². The predicted molar refractivity (Wildman–Crippen MR) is 87.7 cm³/mol. The summed E-state index contributed by atoms with van der Waals surface area (Å²) in [6, 6.07) is 0. The van der Waals surface area contributed by atoms with Crippen LogP contribution in [0.1, 0.15) is 64.7 Å². The lowest BCUT2D eigenvalue weighted by molar-refractivity contribution is 0.102. The monoisotopic (exact) mass is 298 g/mol. The van der Waals surface area contributed by atoms with Crippen molar-refractivity contribution in [2.45, 2.75) is 76.9 Å². The summed E-state index contributed by atoms with van der Waals surface area (Å²) < 4.78 is 15.1. The minimum atomic E-state index is 0.392. The molecule has 0 saturated carbocycles. The third kappa shape index (κ3) is 14.3. The smallest absolute Gasteiger partial charge is 0.104 e. The van der Waals surface area contributed by atoms with E-state index < -0.39 is 0 Å². The Hall–Kier alpha value is -0.380. The van der Waals surface area contributed by atoms with Crippen LogP contribution in [-0.4, -0.2) is 38.6 Å². The van der Waals surface area contributed by atoms with E-state index in [9.17, 15) is 0 Å². The highest BCUT2D eigenvalue weighted by molar-refractivity contribution is 4.71. The molecule has 2 saturated heterocycles. The summed E-state index contributed by atoms with van der Waals surface area (Å²) in [5, 5.41) is 0. The van der Waals surface area contributed by atoms with Crippen molar-refractivity contribution in [3.8, 4) is 0 Å². The van der Waals surface area contributed by atoms with Crippen molar-refractivity contribution in [2.75, 3.05) is 26.4 Å². The lowest BCUT2D eigenvalue weighted by atomic mass is 10.1. The van der Waals surface area contributed by atoms with E-state index in [1.165, 1.54) is 57.8 Å². The molecule has 0 aromatic carbocycles. The van der Waals surface area contributed by atoms with Gasteiger partial charge in [-0.15, -0.1) is 6.58 Å². The molecule has 0 aliphatic carbocycles. The first kappa shape index (κ1) is 18.7. The van der Waals surface area contributed by atoms with Gasteiger partial charge in [0.05, 0.1) is 26.4 Å². The topological polar surface area (TPSA) is 34.3 Å². The first-order valence-corrected chi connectivity index (χ1v) is 8.78. The van der Waals surface area contributed by atoms with E-state index in [0.717, 1.165) is 26.4 Å². The van der Waals surface area contributed by atoms with Gasteiger partial charge in [0.2, 0.25) is 0 Å². The first-order chi connectivity index (χ1) is 10.4. The van der Waals surface area contributed by atoms with Gasteiger partial charge < -0.3 is 14.2 Å². The molecule has 0 bridgehead atoms. The highest BCUT2D eigenvalue weighted by Crippen LogP contribution is 2.12. The maximum Gasteiger partial charge on any atom is 0.104 e. The lowest BCUT2D eigenvalue weighted by Gasteiger charge is -1.99. The van der Waals surface area contributed by atoms with Crippen LogP contribution in [0.5, 0.6) is 0 Å². The Morgan fingerprint density at radius 3 is 1.81 bits per heavy atom. The van der Waals surface area contributed by atoms with E-state index >= 15 is 0 Å². The molecule has 0 aromatic rings. The Bertz CT molecular complexity index is 223. The SMILES string of the molecule is C(OCC1CO1)C1CO1.C=CCCCCCCCCCC. The first-order valence-electron chi connectivity index (χ1n) is 8.78. The van der Waals surface area contributed by atoms with Gasteiger partial charge in [-0.3, -0.25) is 0 Å². The third-order valence-corrected chi connectivity index (χ3v) is 3.67. The van der Waals surface area contributed by atoms with Gasteiger partial charge in [0.1, 0.15) is 12.2 Å². The third-order valence-electron chi connectivity index (χ3n) is 3.67. The average molecular weight is 298 g/mol. The molecule has 2 unspecified atom stereocenters. The Morgan fingerprint density at radius 2 is 1.38 bits per heavy atom. The van der Waals surface area contributed by atoms with E-state index in [4.69, 9.17) is 14.2 Å². The van der Waals surface area contributed by atoms with Gasteiger partial charge in [-0.05, 0) is 12.8 Å². The Balaban J connectivity index is 0.000000216. The Labute approximate surface area is 131 Å². The van der Waals surface area contributed by atoms with E-state index in [1.807, 2.05) is 6.08 Å². The maximum absolute atomic E-state index is 5.23. The van der Waals surface area contributed by atoms with Crippen LogP contribution < -0.4 is 0 Å². The standard InChI is InChI=1S/C12H24.C6H10O3/c1-3-5-7-9-11-12-10-8-6-4-2;1(5-3-8-5)7-2-6-4-9-6/h3H,1,4-12H2,2H3;5-6H,1-4H2. The van der Waals surface area contributed by atoms with Crippen molar-refractivity contribution in [1.29, 1.82) is 0 Å². The molecule has 2 aliphatic rings. The van der Waals surface area contributed by atoms with Crippen LogP contribution in [0.4, 0.5) is 0 Å². The molecule has 3 nitrogen and oxygen atoms in total. The van der Waals surface area contributed by atoms with E-state index in [0.29, 0.717) is 12.2 Å². The number of hydrogen-bond acceptors (Lipinski definition) is 3. The number of epoxide rings is 2. The summed E-state index contributed by atoms with van der Waals surface area (Å²) in [4.78, 5) is 0. The highest BCUT2D eigenvalue weighted by atomic mass is 16.6. The number of allylic oxidation sites excluding steroid dienone is 1. The zero-order valence-electron chi connectivity index (χ0n) is 13.9. The highest BCUT2D eigenvalue weighted by Gasteiger charge is 2.26. The number of unbranched alkanes of at least 4 members (excludes halogenated alkanes) is 8. The van der Waals surface area contributed by atoms with Crippen LogP contribution in [0.25, 0.3) is 0 Å². The van der Waals surface area contributed by atoms with Crippen molar-refractivity contribution >= 4 is 0 Å². The summed E-state index contributed by atoms with van der Waals surface area (Å²) in [5.74, 6) is 0. The number of rotatable bonds is 13. The quantitative estimate of drug-likeness (QED) is 0.285. The average Bonchev–Trinajstić information content (AvgIpc) is 3.37. The van der Waals surface area contributed by atoms with Crippen LogP contribution in [0.15, 0.2) is 12.7 Å². The summed E-state index contributed by atoms with van der Waals surface area (Å²) in [5.41, 5.74) is 0. The van der Waals surface area contributed by atoms with Crippen LogP contribution in [0, 0.1) is 0 Å². The maximum atomic E-state index is 5.23. The molecule has 124 valence electrons. The molecule has 2 fully saturated rings. The fourth-order valence-corrected chi connectivity index (χ4v) is 2.08. The van der Waals surface area contributed by atoms with Crippen molar-refractivity contribution in [3.63, 3.8) is 0 Å². The van der Waals surface area contributed by atoms with Gasteiger partial charge in [0.25, 0.3) is 0 Å². The summed E-state index contributed by atoms with van der Waals surface area (Å²) in [6.07, 6.45) is 15.3. The molecule has 3 heteroatoms. The predicted octanol–water partition coefficient (Wildman–Crippen LogP) is 4.50. The normalized spacial score (nSPS) is 22.3. The summed E-state index contributed by atoms with van der Waals surface area (Å²) in [7, 11) is 0. The van der Waals surface area contributed by atoms with Crippen molar-refractivity contribution in [3.05, 3.63) is 12.7 Å². The summed E-state index contributed by atoms with van der Waals surface area (Å²) >= 11 is 0. The zero-order chi connectivity index (χ0) is 15.2. The molecule has 0 aromatic heterocycles. The molecule has 2 heterocycles. The molecule has 0 spiro atoms. The molecular formula is C18H34O3. The molecule has 2 atom stereocenters. The lowest BCUT2D eigenvalue weighted by Crippen LogP contribution is -2.06. The van der Waals surface area contributed by atoms with Crippen LogP contribution in [-0.2, 0) is 14.2 Å². The molecule has 0 N–H and O–H groups in total. The zero-order valence-corrected chi connectivity index (χ0v) is 13.9. The second-order valence-corrected chi connectivity index (χ2v) is 6.00. The van der Waals surface area contributed by atoms with E-state index in [-0.39, 0.29) is 0 Å². The fraction of sp³-hybridized carbons (Fsp3) is 0.889. The molecule has 2 rings (SSSR count). The number of ether oxygens (including phenoxy) is 3. The molecule has 0 amide bonds. The number of hydrogen-bond donors (Lipinski definition) is 0. The van der Waals surface area contributed by atoms with Gasteiger partial charge in [0, 0.05) is 0 Å². The van der Waals surface area contributed by atoms with Crippen molar-refractivity contribution in [2.24, 2.45) is 0 Å². The van der Waals surface area contributed by atoms with Gasteiger partial charge >= 0.3 is 0 Å². The Kier molecular flexibility index (Phi) is 11.8. The van der Waals surface area contributed by atoms with Crippen LogP contribution in [0.2, 0.25) is 0 Å². The second-order valence-electron chi connectivity index (χ2n) is 6.00. The minimum absolute atomic E-state index is 0.392. The largest absolute Gasteiger partial charge is 0.376 e. The Morgan fingerprint density at radius 1 is 0.905 bits per heavy atom. The molecule has 2 aliphatic heterocycles. The summed E-state index contributed by atoms with van der Waals surface area (Å²) in [6.45, 7) is 9.25. The van der Waals surface area contributed by atoms with Gasteiger partial charge in [-0.1, -0.05) is 57.9 Å². The molecule has 0 radical (unpaired) electrons. The van der Waals surface area contributed by atoms with E-state index in [2.05, 4.69) is 13.5 Å². The van der Waals surface area contributed by atoms with Gasteiger partial charge in [0.15, 0.2) is 0 Å². The second kappa shape index (κ2) is 13.3. The van der Waals surface area contributed by atoms with Crippen molar-refractivity contribution < 1.29 is 14.2 Å². The van der Waals surface area contributed by atoms with E-state index in [1.54, 1.807) is 0 Å². The molecular weight excluding hydrogens is 264 g/mol. The van der Waals surface area contributed by atoms with Crippen LogP contribution in [0.3, 0.4) is 0 Å².